The number of pyridine rings is 1. The fourth-order valence-electron chi connectivity index (χ4n) is 3.76. The van der Waals surface area contributed by atoms with Crippen LogP contribution >= 0.6 is 0 Å². The van der Waals surface area contributed by atoms with E-state index in [1.807, 2.05) is 9.47 Å². The van der Waals surface area contributed by atoms with Gasteiger partial charge < -0.3 is 9.64 Å². The van der Waals surface area contributed by atoms with Gasteiger partial charge in [-0.15, -0.1) is 0 Å². The number of carbonyl (C=O) groups excluding carboxylic acids is 1. The molecule has 8 nitrogen and oxygen atoms in total. The summed E-state index contributed by atoms with van der Waals surface area (Å²) in [6, 6.07) is 3.74. The lowest BCUT2D eigenvalue weighted by Gasteiger charge is -2.32. The van der Waals surface area contributed by atoms with E-state index in [1.165, 1.54) is 4.68 Å². The van der Waals surface area contributed by atoms with Crippen molar-refractivity contribution >= 4 is 5.91 Å². The van der Waals surface area contributed by atoms with E-state index in [0.29, 0.717) is 25.3 Å². The number of methoxy groups -OCH3 is 1. The molecular weight excluding hydrogens is 346 g/mol. The van der Waals surface area contributed by atoms with Gasteiger partial charge in [-0.05, 0) is 37.8 Å². The van der Waals surface area contributed by atoms with Crippen LogP contribution in [0.1, 0.15) is 53.8 Å². The highest BCUT2D eigenvalue weighted by Crippen LogP contribution is 2.37. The van der Waals surface area contributed by atoms with E-state index in [1.54, 1.807) is 31.6 Å². The maximum Gasteiger partial charge on any atom is 0.346 e. The second-order valence-corrected chi connectivity index (χ2v) is 7.28. The number of ether oxygens (including phenoxy) is 1. The zero-order chi connectivity index (χ0) is 18.8. The quantitative estimate of drug-likeness (QED) is 0.767. The van der Waals surface area contributed by atoms with Gasteiger partial charge in [0.05, 0.1) is 13.2 Å². The van der Waals surface area contributed by atoms with E-state index < -0.39 is 0 Å². The molecule has 2 aromatic heterocycles. The van der Waals surface area contributed by atoms with E-state index >= 15 is 0 Å². The number of hydrogen-bond acceptors (Lipinski definition) is 5. The van der Waals surface area contributed by atoms with Crippen LogP contribution in [0.4, 0.5) is 0 Å². The maximum absolute atomic E-state index is 12.8. The van der Waals surface area contributed by atoms with Crippen molar-refractivity contribution in [1.29, 1.82) is 0 Å². The van der Waals surface area contributed by atoms with Crippen LogP contribution in [0, 0.1) is 0 Å². The normalized spacial score (nSPS) is 20.0. The second kappa shape index (κ2) is 7.64. The third kappa shape index (κ3) is 3.66. The van der Waals surface area contributed by atoms with Crippen LogP contribution < -0.4 is 5.69 Å². The molecular formula is C19H25N5O3. The van der Waals surface area contributed by atoms with Gasteiger partial charge >= 0.3 is 5.69 Å². The van der Waals surface area contributed by atoms with E-state index in [-0.39, 0.29) is 23.6 Å². The van der Waals surface area contributed by atoms with Crippen molar-refractivity contribution in [3.63, 3.8) is 0 Å². The Bertz CT molecular complexity index is 856. The lowest BCUT2D eigenvalue weighted by molar-refractivity contribution is 0.0703. The minimum Gasteiger partial charge on any atom is -0.383 e. The van der Waals surface area contributed by atoms with Crippen molar-refractivity contribution < 1.29 is 9.53 Å². The lowest BCUT2D eigenvalue weighted by atomic mass is 9.96. The largest absolute Gasteiger partial charge is 0.383 e. The van der Waals surface area contributed by atoms with Crippen LogP contribution in [0.25, 0.3) is 0 Å². The number of nitrogens with zero attached hydrogens (tertiary/aromatic N) is 5. The first kappa shape index (κ1) is 17.9. The molecule has 2 fully saturated rings. The summed E-state index contributed by atoms with van der Waals surface area (Å²) in [5.74, 6) is 0.925. The first-order valence-electron chi connectivity index (χ1n) is 9.56. The fraction of sp³-hybridized carbons (Fsp3) is 0.579. The first-order chi connectivity index (χ1) is 13.2. The van der Waals surface area contributed by atoms with Crippen molar-refractivity contribution in [2.75, 3.05) is 26.8 Å². The van der Waals surface area contributed by atoms with Gasteiger partial charge in [0.15, 0.2) is 0 Å². The average molecular weight is 371 g/mol. The van der Waals surface area contributed by atoms with Gasteiger partial charge in [0.25, 0.3) is 5.91 Å². The Morgan fingerprint density at radius 3 is 2.74 bits per heavy atom. The highest BCUT2D eigenvalue weighted by atomic mass is 16.5. The summed E-state index contributed by atoms with van der Waals surface area (Å²) in [6.45, 7) is 2.23. The van der Waals surface area contributed by atoms with E-state index in [2.05, 4.69) is 10.1 Å². The molecule has 8 heteroatoms. The Hall–Kier alpha value is -2.48. The molecule has 0 radical (unpaired) electrons. The maximum atomic E-state index is 12.8. The molecule has 27 heavy (non-hydrogen) atoms. The second-order valence-electron chi connectivity index (χ2n) is 7.28. The van der Waals surface area contributed by atoms with Crippen LogP contribution in [0.5, 0.6) is 0 Å². The molecule has 1 aliphatic carbocycles. The van der Waals surface area contributed by atoms with Crippen LogP contribution in [0.15, 0.2) is 29.3 Å². The summed E-state index contributed by atoms with van der Waals surface area (Å²) in [4.78, 5) is 31.4. The number of aromatic nitrogens is 4. The van der Waals surface area contributed by atoms with E-state index in [9.17, 15) is 9.59 Å². The molecule has 144 valence electrons. The zero-order valence-corrected chi connectivity index (χ0v) is 15.6. The van der Waals surface area contributed by atoms with E-state index in [4.69, 9.17) is 4.74 Å². The number of piperidine rings is 1. The summed E-state index contributed by atoms with van der Waals surface area (Å²) in [5, 5.41) is 4.64. The van der Waals surface area contributed by atoms with Crippen LogP contribution in [-0.4, -0.2) is 56.9 Å². The predicted molar refractivity (Wildman–Crippen MR) is 98.7 cm³/mol. The highest BCUT2D eigenvalue weighted by molar-refractivity contribution is 5.94. The summed E-state index contributed by atoms with van der Waals surface area (Å²) in [6.07, 6.45) is 7.16. The lowest BCUT2D eigenvalue weighted by Crippen LogP contribution is -2.40. The van der Waals surface area contributed by atoms with Gasteiger partial charge in [-0.2, -0.15) is 5.10 Å². The Labute approximate surface area is 157 Å². The smallest absolute Gasteiger partial charge is 0.346 e. The third-order valence-electron chi connectivity index (χ3n) is 5.32. The number of amides is 1. The Balaban J connectivity index is 1.58. The summed E-state index contributed by atoms with van der Waals surface area (Å²) >= 11 is 0. The molecule has 0 spiro atoms. The number of likely N-dealkylation sites (tertiary alicyclic amines) is 1. The topological polar surface area (TPSA) is 82.2 Å². The molecule has 1 saturated heterocycles. The monoisotopic (exact) mass is 371 g/mol. The van der Waals surface area contributed by atoms with Crippen LogP contribution in [0.2, 0.25) is 0 Å². The number of carbonyl (C=O) groups is 1. The predicted octanol–water partition coefficient (Wildman–Crippen LogP) is 1.44. The highest BCUT2D eigenvalue weighted by Gasteiger charge is 2.35. The van der Waals surface area contributed by atoms with Gasteiger partial charge in [0, 0.05) is 50.1 Å². The standard InChI is InChI=1S/C19H25N5O3/c1-27-12-11-23-19(26)24(16-4-5-16)17(21-23)15-3-2-10-22(13-15)18(25)14-6-8-20-9-7-14/h6-9,15-16H,2-5,10-13H2,1H3. The fourth-order valence-corrected chi connectivity index (χ4v) is 3.76. The van der Waals surface area contributed by atoms with Crippen molar-refractivity contribution in [1.82, 2.24) is 24.2 Å². The third-order valence-corrected chi connectivity index (χ3v) is 5.32. The molecule has 1 unspecified atom stereocenters. The molecule has 4 rings (SSSR count). The molecule has 3 heterocycles. The molecule has 1 atom stereocenters. The summed E-state index contributed by atoms with van der Waals surface area (Å²) in [7, 11) is 1.62. The van der Waals surface area contributed by atoms with Crippen molar-refractivity contribution in [2.45, 2.75) is 44.2 Å². The molecule has 1 aliphatic heterocycles. The molecule has 1 amide bonds. The number of hydrogen-bond donors (Lipinski definition) is 0. The van der Waals surface area contributed by atoms with Crippen molar-refractivity contribution in [3.8, 4) is 0 Å². The van der Waals surface area contributed by atoms with Crippen molar-refractivity contribution in [3.05, 3.63) is 46.4 Å². The molecule has 0 bridgehead atoms. The van der Waals surface area contributed by atoms with E-state index in [0.717, 1.165) is 38.1 Å². The van der Waals surface area contributed by atoms with Gasteiger partial charge in [-0.25, -0.2) is 9.48 Å². The Morgan fingerprint density at radius 2 is 2.04 bits per heavy atom. The van der Waals surface area contributed by atoms with Crippen molar-refractivity contribution in [2.24, 2.45) is 0 Å². The molecule has 0 aromatic carbocycles. The minimum atomic E-state index is -0.0536. The molecule has 0 N–H and O–H groups in total. The minimum absolute atomic E-state index is 0.0150. The molecule has 2 aliphatic rings. The van der Waals surface area contributed by atoms with Gasteiger partial charge in [-0.3, -0.25) is 14.3 Å². The van der Waals surface area contributed by atoms with Crippen LogP contribution in [-0.2, 0) is 11.3 Å². The summed E-state index contributed by atoms with van der Waals surface area (Å²) in [5.41, 5.74) is 0.595. The van der Waals surface area contributed by atoms with Gasteiger partial charge in [0.2, 0.25) is 0 Å². The Kier molecular flexibility index (Phi) is 5.07. The Morgan fingerprint density at radius 1 is 1.26 bits per heavy atom. The molecule has 1 saturated carbocycles. The first-order valence-corrected chi connectivity index (χ1v) is 9.56. The SMILES string of the molecule is COCCn1nc(C2CCCN(C(=O)c3ccncc3)C2)n(C2CC2)c1=O. The zero-order valence-electron chi connectivity index (χ0n) is 15.6. The van der Waals surface area contributed by atoms with Crippen LogP contribution in [0.3, 0.4) is 0 Å². The number of rotatable bonds is 6. The summed E-state index contributed by atoms with van der Waals surface area (Å²) < 4.78 is 8.48. The van der Waals surface area contributed by atoms with Gasteiger partial charge in [-0.1, -0.05) is 0 Å². The van der Waals surface area contributed by atoms with Gasteiger partial charge in [0.1, 0.15) is 5.82 Å². The average Bonchev–Trinajstić information content (AvgIpc) is 3.50. The molecule has 2 aromatic rings.